The van der Waals surface area contributed by atoms with Crippen molar-refractivity contribution in [2.24, 2.45) is 0 Å². The lowest BCUT2D eigenvalue weighted by atomic mass is 9.98. The van der Waals surface area contributed by atoms with E-state index in [0.29, 0.717) is 0 Å². The molecule has 0 fully saturated rings. The molecule has 0 spiro atoms. The van der Waals surface area contributed by atoms with E-state index >= 15 is 0 Å². The van der Waals surface area contributed by atoms with Gasteiger partial charge in [0, 0.05) is 34.6 Å². The normalized spacial score (nSPS) is 12.0. The van der Waals surface area contributed by atoms with Crippen LogP contribution in [0.3, 0.4) is 0 Å². The van der Waals surface area contributed by atoms with Crippen molar-refractivity contribution in [1.82, 2.24) is 9.13 Å². The number of rotatable bonds is 42. The number of nitrogens with zero attached hydrogens (tertiary/aromatic N) is 2. The molecule has 0 radical (unpaired) electrons. The monoisotopic (exact) mass is 985 g/mol. The maximum Gasteiger partial charge on any atom is 0.197 e. The zero-order valence-electron chi connectivity index (χ0n) is 47.9. The zero-order chi connectivity index (χ0) is 51.2. The Balaban J connectivity index is 1.12. The van der Waals surface area contributed by atoms with Gasteiger partial charge < -0.3 is 9.13 Å². The third-order valence-corrected chi connectivity index (χ3v) is 16.6. The molecular formula is C68H108N2O2. The van der Waals surface area contributed by atoms with Crippen molar-refractivity contribution in [2.75, 3.05) is 0 Å². The predicted molar refractivity (Wildman–Crippen MR) is 320 cm³/mol. The number of fused-ring (bicyclic) bond motifs is 4. The lowest BCUT2D eigenvalue weighted by molar-refractivity contribution is 0.518. The van der Waals surface area contributed by atoms with Crippen molar-refractivity contribution in [3.8, 4) is 0 Å². The Labute approximate surface area is 441 Å². The van der Waals surface area contributed by atoms with Crippen LogP contribution in [0.2, 0.25) is 0 Å². The highest BCUT2D eigenvalue weighted by molar-refractivity contribution is 6.04. The fraction of sp³-hybridized carbons (Fsp3) is 0.706. The molecule has 5 rings (SSSR count). The third-order valence-electron chi connectivity index (χ3n) is 16.6. The molecule has 2 heterocycles. The second-order valence-electron chi connectivity index (χ2n) is 23.2. The maximum atomic E-state index is 14.7. The van der Waals surface area contributed by atoms with Crippen LogP contribution in [-0.4, -0.2) is 9.13 Å². The van der Waals surface area contributed by atoms with Crippen LogP contribution in [0.5, 0.6) is 0 Å². The SMILES string of the molecule is CCCCCCCCCCCCCCCCCCCCCCn1c2cc3c(=O)c4c(C)cc(C)cc4n(CCCCCCCCCCCCCCCCCCCCCC)c3cc2c(=O)c2c(C)cc(C)cc21. The highest BCUT2D eigenvalue weighted by Crippen LogP contribution is 2.31. The average molecular weight is 986 g/mol. The molecular weight excluding hydrogens is 877 g/mol. The molecule has 0 aliphatic rings. The van der Waals surface area contributed by atoms with E-state index in [-0.39, 0.29) is 10.9 Å². The summed E-state index contributed by atoms with van der Waals surface area (Å²) < 4.78 is 4.80. The van der Waals surface area contributed by atoms with Crippen molar-refractivity contribution in [2.45, 2.75) is 311 Å². The van der Waals surface area contributed by atoms with Crippen LogP contribution in [0.1, 0.15) is 293 Å². The number of aromatic nitrogens is 2. The van der Waals surface area contributed by atoms with E-state index in [1.165, 1.54) is 255 Å². The molecule has 0 saturated heterocycles. The largest absolute Gasteiger partial charge is 0.340 e. The second kappa shape index (κ2) is 35.0. The molecule has 0 atom stereocenters. The van der Waals surface area contributed by atoms with E-state index in [4.69, 9.17) is 0 Å². The van der Waals surface area contributed by atoms with Crippen LogP contribution in [0.4, 0.5) is 0 Å². The van der Waals surface area contributed by atoms with Gasteiger partial charge in [0.15, 0.2) is 10.9 Å². The van der Waals surface area contributed by atoms with Gasteiger partial charge in [-0.15, -0.1) is 0 Å². The van der Waals surface area contributed by atoms with Gasteiger partial charge in [-0.3, -0.25) is 9.59 Å². The molecule has 72 heavy (non-hydrogen) atoms. The smallest absolute Gasteiger partial charge is 0.197 e. The van der Waals surface area contributed by atoms with Gasteiger partial charge in [-0.1, -0.05) is 270 Å². The fourth-order valence-electron chi connectivity index (χ4n) is 12.4. The van der Waals surface area contributed by atoms with E-state index in [1.54, 1.807) is 0 Å². The number of pyridine rings is 2. The first kappa shape index (κ1) is 59.5. The molecule has 3 aromatic carbocycles. The summed E-state index contributed by atoms with van der Waals surface area (Å²) in [5.41, 5.74) is 8.47. The summed E-state index contributed by atoms with van der Waals surface area (Å²) in [5, 5.41) is 3.15. The van der Waals surface area contributed by atoms with Crippen molar-refractivity contribution in [3.05, 3.63) is 79.1 Å². The van der Waals surface area contributed by atoms with Crippen molar-refractivity contribution >= 4 is 43.6 Å². The molecule has 2 aromatic heterocycles. The third kappa shape index (κ3) is 19.7. The summed E-state index contributed by atoms with van der Waals surface area (Å²) in [6.45, 7) is 14.8. The van der Waals surface area contributed by atoms with Crippen LogP contribution in [0.25, 0.3) is 43.6 Å². The van der Waals surface area contributed by atoms with Crippen molar-refractivity contribution in [3.63, 3.8) is 0 Å². The topological polar surface area (TPSA) is 44.0 Å². The molecule has 0 bridgehead atoms. The lowest BCUT2D eigenvalue weighted by Gasteiger charge is -2.20. The number of benzene rings is 3. The number of unbranched alkanes of at least 4 members (excludes halogenated alkanes) is 38. The summed E-state index contributed by atoms with van der Waals surface area (Å²) in [6.07, 6.45) is 54.8. The van der Waals surface area contributed by atoms with E-state index in [2.05, 4.69) is 87.1 Å². The zero-order valence-corrected chi connectivity index (χ0v) is 47.9. The van der Waals surface area contributed by atoms with Gasteiger partial charge in [0.1, 0.15) is 0 Å². The van der Waals surface area contributed by atoms with Crippen LogP contribution in [0, 0.1) is 27.7 Å². The highest BCUT2D eigenvalue weighted by Gasteiger charge is 2.19. The standard InChI is InChI=1S/C68H108N2O2/c1-7-9-11-13-15-17-19-21-23-25-27-29-31-33-35-37-39-41-43-45-47-69-61-53-60-62(54-59(61)67(71)65-57(5)49-55(3)51-63(65)69)70(64-52-56(4)50-58(6)66(64)68(60)72)48-46-44-42-40-38-36-34-32-30-28-26-24-22-20-18-16-14-12-10-8-2/h49-54H,7-48H2,1-6H3. The minimum absolute atomic E-state index is 0.0949. The fourth-order valence-corrected chi connectivity index (χ4v) is 12.4. The van der Waals surface area contributed by atoms with E-state index in [1.807, 2.05) is 0 Å². The summed E-state index contributed by atoms with van der Waals surface area (Å²) in [6, 6.07) is 12.9. The number of hydrogen-bond donors (Lipinski definition) is 0. The Hall–Kier alpha value is -3.40. The van der Waals surface area contributed by atoms with Gasteiger partial charge in [-0.05, 0) is 87.1 Å². The summed E-state index contributed by atoms with van der Waals surface area (Å²) in [7, 11) is 0. The summed E-state index contributed by atoms with van der Waals surface area (Å²) in [4.78, 5) is 29.4. The van der Waals surface area contributed by atoms with Crippen LogP contribution >= 0.6 is 0 Å². The molecule has 0 N–H and O–H groups in total. The molecule has 4 nitrogen and oxygen atoms in total. The Morgan fingerprint density at radius 2 is 0.500 bits per heavy atom. The molecule has 4 heteroatoms. The Morgan fingerprint density at radius 1 is 0.278 bits per heavy atom. The minimum atomic E-state index is 0.0949. The van der Waals surface area contributed by atoms with E-state index in [9.17, 15) is 9.59 Å². The molecule has 0 amide bonds. The highest BCUT2D eigenvalue weighted by atomic mass is 16.1. The van der Waals surface area contributed by atoms with Gasteiger partial charge in [0.25, 0.3) is 0 Å². The predicted octanol–water partition coefficient (Wildman–Crippen LogP) is 21.5. The Kier molecular flexibility index (Phi) is 28.9. The Morgan fingerprint density at radius 3 is 0.736 bits per heavy atom. The average Bonchev–Trinajstić information content (AvgIpc) is 3.36. The molecule has 0 aliphatic heterocycles. The van der Waals surface area contributed by atoms with E-state index < -0.39 is 0 Å². The Bertz CT molecular complexity index is 2250. The second-order valence-corrected chi connectivity index (χ2v) is 23.2. The summed E-state index contributed by atoms with van der Waals surface area (Å²) >= 11 is 0. The molecule has 0 aliphatic carbocycles. The van der Waals surface area contributed by atoms with Gasteiger partial charge in [-0.2, -0.15) is 0 Å². The molecule has 402 valence electrons. The van der Waals surface area contributed by atoms with Gasteiger partial charge >= 0.3 is 0 Å². The first-order valence-corrected chi connectivity index (χ1v) is 31.3. The summed E-state index contributed by atoms with van der Waals surface area (Å²) in [5.74, 6) is 0. The van der Waals surface area contributed by atoms with E-state index in [0.717, 1.165) is 80.7 Å². The van der Waals surface area contributed by atoms with Crippen LogP contribution < -0.4 is 10.9 Å². The van der Waals surface area contributed by atoms with Gasteiger partial charge in [0.05, 0.1) is 22.1 Å². The number of aryl methyl sites for hydroxylation is 6. The molecule has 0 unspecified atom stereocenters. The van der Waals surface area contributed by atoms with Gasteiger partial charge in [0.2, 0.25) is 0 Å². The minimum Gasteiger partial charge on any atom is -0.340 e. The van der Waals surface area contributed by atoms with Crippen molar-refractivity contribution < 1.29 is 0 Å². The molecule has 0 saturated carbocycles. The quantitative estimate of drug-likeness (QED) is 0.0289. The first-order valence-electron chi connectivity index (χ1n) is 31.3. The number of hydrogen-bond acceptors (Lipinski definition) is 2. The molecule has 5 aromatic rings. The van der Waals surface area contributed by atoms with Crippen LogP contribution in [-0.2, 0) is 13.1 Å². The maximum absolute atomic E-state index is 14.7. The van der Waals surface area contributed by atoms with Gasteiger partial charge in [-0.25, -0.2) is 0 Å². The lowest BCUT2D eigenvalue weighted by Crippen LogP contribution is -2.17. The van der Waals surface area contributed by atoms with Crippen LogP contribution in [0.15, 0.2) is 46.0 Å². The first-order chi connectivity index (χ1) is 35.3. The van der Waals surface area contributed by atoms with Crippen molar-refractivity contribution in [1.29, 1.82) is 0 Å².